The van der Waals surface area contributed by atoms with Crippen molar-refractivity contribution in [3.63, 3.8) is 0 Å². The molecule has 0 aliphatic carbocycles. The lowest BCUT2D eigenvalue weighted by atomic mass is 10.2. The van der Waals surface area contributed by atoms with E-state index in [9.17, 15) is 0 Å². The van der Waals surface area contributed by atoms with Crippen molar-refractivity contribution in [2.75, 3.05) is 6.61 Å². The number of halogens is 1. The molecule has 0 fully saturated rings. The van der Waals surface area contributed by atoms with Crippen LogP contribution in [0.15, 0.2) is 24.3 Å². The molecule has 0 spiro atoms. The second-order valence-electron chi connectivity index (χ2n) is 2.68. The van der Waals surface area contributed by atoms with Crippen LogP contribution >= 0.6 is 11.6 Å². The van der Waals surface area contributed by atoms with Crippen molar-refractivity contribution in [1.82, 2.24) is 0 Å². The Bertz CT molecular complexity index is 218. The van der Waals surface area contributed by atoms with Crippen molar-refractivity contribution in [3.8, 4) is 0 Å². The Hall–Kier alpha value is -0.530. The van der Waals surface area contributed by atoms with E-state index in [1.54, 1.807) is 0 Å². The van der Waals surface area contributed by atoms with Crippen molar-refractivity contribution < 1.29 is 4.74 Å². The molecule has 0 atom stereocenters. The summed E-state index contributed by atoms with van der Waals surface area (Å²) in [5.41, 5.74) is 1.17. The first-order valence-corrected chi connectivity index (χ1v) is 4.53. The molecule has 0 aliphatic rings. The molecular weight excluding hydrogens is 172 g/mol. The van der Waals surface area contributed by atoms with Crippen LogP contribution in [-0.2, 0) is 11.3 Å². The Morgan fingerprint density at radius 2 is 1.92 bits per heavy atom. The van der Waals surface area contributed by atoms with E-state index in [-0.39, 0.29) is 0 Å². The average molecular weight is 185 g/mol. The molecule has 66 valence electrons. The van der Waals surface area contributed by atoms with Crippen molar-refractivity contribution in [2.24, 2.45) is 0 Å². The average Bonchev–Trinajstić information content (AvgIpc) is 2.09. The lowest BCUT2D eigenvalue weighted by molar-refractivity contribution is 0.121. The molecule has 0 saturated carbocycles. The molecule has 1 rings (SSSR count). The van der Waals surface area contributed by atoms with Gasteiger partial charge in [0, 0.05) is 11.6 Å². The number of rotatable bonds is 4. The van der Waals surface area contributed by atoms with Gasteiger partial charge in [0.05, 0.1) is 6.61 Å². The minimum atomic E-state index is 0.686. The van der Waals surface area contributed by atoms with Gasteiger partial charge in [-0.15, -0.1) is 0 Å². The van der Waals surface area contributed by atoms with E-state index in [2.05, 4.69) is 6.92 Å². The standard InChI is InChI=1S/C10H13ClO/c1-2-7-12-8-9-3-5-10(11)6-4-9/h3-6H,2,7-8H2,1H3. The predicted octanol–water partition coefficient (Wildman–Crippen LogP) is 3.27. The fourth-order valence-electron chi connectivity index (χ4n) is 0.915. The van der Waals surface area contributed by atoms with Gasteiger partial charge in [0.1, 0.15) is 0 Å². The van der Waals surface area contributed by atoms with Crippen molar-refractivity contribution in [3.05, 3.63) is 34.9 Å². The van der Waals surface area contributed by atoms with Gasteiger partial charge in [-0.3, -0.25) is 0 Å². The second kappa shape index (κ2) is 5.18. The van der Waals surface area contributed by atoms with Crippen LogP contribution in [0, 0.1) is 0 Å². The molecule has 0 saturated heterocycles. The molecule has 1 aromatic carbocycles. The van der Waals surface area contributed by atoms with E-state index in [0.29, 0.717) is 6.61 Å². The van der Waals surface area contributed by atoms with E-state index in [1.807, 2.05) is 24.3 Å². The maximum atomic E-state index is 5.73. The summed E-state index contributed by atoms with van der Waals surface area (Å²) in [6, 6.07) is 7.73. The third-order valence-corrected chi connectivity index (χ3v) is 1.78. The van der Waals surface area contributed by atoms with Crippen LogP contribution in [0.4, 0.5) is 0 Å². The third kappa shape index (κ3) is 3.24. The fourth-order valence-corrected chi connectivity index (χ4v) is 1.04. The van der Waals surface area contributed by atoms with E-state index < -0.39 is 0 Å². The van der Waals surface area contributed by atoms with E-state index in [0.717, 1.165) is 18.1 Å². The number of hydrogen-bond acceptors (Lipinski definition) is 1. The lowest BCUT2D eigenvalue weighted by Gasteiger charge is -2.01. The molecule has 0 N–H and O–H groups in total. The Morgan fingerprint density at radius 1 is 1.25 bits per heavy atom. The molecule has 12 heavy (non-hydrogen) atoms. The van der Waals surface area contributed by atoms with Crippen molar-refractivity contribution in [2.45, 2.75) is 20.0 Å². The van der Waals surface area contributed by atoms with Crippen LogP contribution in [0.25, 0.3) is 0 Å². The molecule has 0 amide bonds. The van der Waals surface area contributed by atoms with Gasteiger partial charge in [-0.25, -0.2) is 0 Å². The topological polar surface area (TPSA) is 9.23 Å². The molecular formula is C10H13ClO. The Morgan fingerprint density at radius 3 is 2.50 bits per heavy atom. The molecule has 0 radical (unpaired) electrons. The zero-order valence-corrected chi connectivity index (χ0v) is 7.97. The molecule has 0 aromatic heterocycles. The first kappa shape index (κ1) is 9.56. The minimum absolute atomic E-state index is 0.686. The molecule has 0 heterocycles. The van der Waals surface area contributed by atoms with Gasteiger partial charge >= 0.3 is 0 Å². The SMILES string of the molecule is CCCOCc1ccc(Cl)cc1. The largest absolute Gasteiger partial charge is 0.377 e. The smallest absolute Gasteiger partial charge is 0.0716 e. The fraction of sp³-hybridized carbons (Fsp3) is 0.400. The summed E-state index contributed by atoms with van der Waals surface area (Å²) in [5.74, 6) is 0. The summed E-state index contributed by atoms with van der Waals surface area (Å²) >= 11 is 5.73. The van der Waals surface area contributed by atoms with Crippen LogP contribution in [0.2, 0.25) is 5.02 Å². The lowest BCUT2D eigenvalue weighted by Crippen LogP contribution is -1.93. The zero-order chi connectivity index (χ0) is 8.81. The number of ether oxygens (including phenoxy) is 1. The Labute approximate surface area is 78.3 Å². The zero-order valence-electron chi connectivity index (χ0n) is 7.22. The summed E-state index contributed by atoms with van der Waals surface area (Å²) in [7, 11) is 0. The predicted molar refractivity (Wildman–Crippen MR) is 51.4 cm³/mol. The maximum Gasteiger partial charge on any atom is 0.0716 e. The van der Waals surface area contributed by atoms with Gasteiger partial charge in [-0.2, -0.15) is 0 Å². The van der Waals surface area contributed by atoms with Crippen molar-refractivity contribution in [1.29, 1.82) is 0 Å². The van der Waals surface area contributed by atoms with Gasteiger partial charge in [-0.05, 0) is 24.1 Å². The van der Waals surface area contributed by atoms with E-state index in [1.165, 1.54) is 5.56 Å². The molecule has 1 aromatic rings. The summed E-state index contributed by atoms with van der Waals surface area (Å²) < 4.78 is 5.37. The Balaban J connectivity index is 2.37. The Kier molecular flexibility index (Phi) is 4.12. The molecule has 2 heteroatoms. The highest BCUT2D eigenvalue weighted by molar-refractivity contribution is 6.30. The monoisotopic (exact) mass is 184 g/mol. The summed E-state index contributed by atoms with van der Waals surface area (Å²) in [5, 5.41) is 0.772. The summed E-state index contributed by atoms with van der Waals surface area (Å²) in [6.07, 6.45) is 1.06. The van der Waals surface area contributed by atoms with Gasteiger partial charge in [0.2, 0.25) is 0 Å². The summed E-state index contributed by atoms with van der Waals surface area (Å²) in [4.78, 5) is 0. The first-order valence-electron chi connectivity index (χ1n) is 4.15. The maximum absolute atomic E-state index is 5.73. The van der Waals surface area contributed by atoms with Crippen LogP contribution in [0.1, 0.15) is 18.9 Å². The van der Waals surface area contributed by atoms with Crippen LogP contribution in [-0.4, -0.2) is 6.61 Å². The van der Waals surface area contributed by atoms with Crippen LogP contribution < -0.4 is 0 Å². The number of hydrogen-bond donors (Lipinski definition) is 0. The van der Waals surface area contributed by atoms with Crippen molar-refractivity contribution >= 4 is 11.6 Å². The molecule has 0 aliphatic heterocycles. The highest BCUT2D eigenvalue weighted by Crippen LogP contribution is 2.10. The second-order valence-corrected chi connectivity index (χ2v) is 3.12. The van der Waals surface area contributed by atoms with Crippen LogP contribution in [0.3, 0.4) is 0 Å². The minimum Gasteiger partial charge on any atom is -0.377 e. The molecule has 1 nitrogen and oxygen atoms in total. The normalized spacial score (nSPS) is 10.2. The number of benzene rings is 1. The van der Waals surface area contributed by atoms with Gasteiger partial charge in [0.15, 0.2) is 0 Å². The molecule has 0 bridgehead atoms. The van der Waals surface area contributed by atoms with Crippen LogP contribution in [0.5, 0.6) is 0 Å². The van der Waals surface area contributed by atoms with E-state index in [4.69, 9.17) is 16.3 Å². The third-order valence-electron chi connectivity index (χ3n) is 1.53. The summed E-state index contributed by atoms with van der Waals surface area (Å²) in [6.45, 7) is 3.61. The quantitative estimate of drug-likeness (QED) is 0.653. The van der Waals surface area contributed by atoms with E-state index >= 15 is 0 Å². The van der Waals surface area contributed by atoms with Gasteiger partial charge in [0.25, 0.3) is 0 Å². The highest BCUT2D eigenvalue weighted by atomic mass is 35.5. The van der Waals surface area contributed by atoms with Gasteiger partial charge in [-0.1, -0.05) is 30.7 Å². The first-order chi connectivity index (χ1) is 5.83. The highest BCUT2D eigenvalue weighted by Gasteiger charge is 1.91. The molecule has 0 unspecified atom stereocenters. The van der Waals surface area contributed by atoms with Gasteiger partial charge < -0.3 is 4.74 Å².